The maximum Gasteiger partial charge on any atom is 0.295 e. The Balaban J connectivity index is 1.89. The minimum Gasteiger partial charge on any atom is -0.507 e. The number of carbonyl (C=O) groups excluding carboxylic acids is 2. The number of benzene rings is 2. The fourth-order valence-corrected chi connectivity index (χ4v) is 4.03. The van der Waals surface area contributed by atoms with Crippen LogP contribution in [-0.2, 0) is 16.1 Å². The second-order valence-corrected chi connectivity index (χ2v) is 7.81. The van der Waals surface area contributed by atoms with Gasteiger partial charge >= 0.3 is 0 Å². The number of carbonyl (C=O) groups is 2. The molecule has 0 spiro atoms. The van der Waals surface area contributed by atoms with E-state index >= 15 is 0 Å². The first kappa shape index (κ1) is 22.4. The summed E-state index contributed by atoms with van der Waals surface area (Å²) in [5, 5.41) is 11.5. The number of aliphatic hydroxyl groups excluding tert-OH is 1. The van der Waals surface area contributed by atoms with Crippen molar-refractivity contribution >= 4 is 29.1 Å². The molecule has 1 aliphatic rings. The van der Waals surface area contributed by atoms with Crippen LogP contribution in [-0.4, -0.2) is 40.9 Å². The standard InChI is InChI=1S/C25H21ClN2O5/c1-32-17-7-5-16(6-8-17)22-21(23(29)19-12-18(33-2)9-10-20(19)26)24(30)25(31)28(22)14-15-4-3-11-27-13-15/h3-13,22,29H,14H2,1-2H3/b23-21+. The lowest BCUT2D eigenvalue weighted by molar-refractivity contribution is -0.140. The van der Waals surface area contributed by atoms with Crippen LogP contribution in [0.15, 0.2) is 72.6 Å². The molecule has 1 aromatic heterocycles. The lowest BCUT2D eigenvalue weighted by Crippen LogP contribution is -2.29. The van der Waals surface area contributed by atoms with Gasteiger partial charge in [-0.1, -0.05) is 29.8 Å². The zero-order valence-electron chi connectivity index (χ0n) is 18.0. The van der Waals surface area contributed by atoms with Gasteiger partial charge in [0, 0.05) is 24.5 Å². The molecular formula is C25H21ClN2O5. The van der Waals surface area contributed by atoms with E-state index in [0.29, 0.717) is 17.1 Å². The molecule has 168 valence electrons. The number of methoxy groups -OCH3 is 2. The van der Waals surface area contributed by atoms with E-state index in [9.17, 15) is 14.7 Å². The van der Waals surface area contributed by atoms with Crippen LogP contribution >= 0.6 is 11.6 Å². The molecule has 7 nitrogen and oxygen atoms in total. The summed E-state index contributed by atoms with van der Waals surface area (Å²) in [6.45, 7) is 0.137. The molecule has 33 heavy (non-hydrogen) atoms. The van der Waals surface area contributed by atoms with Crippen molar-refractivity contribution in [1.82, 2.24) is 9.88 Å². The second-order valence-electron chi connectivity index (χ2n) is 7.41. The number of ether oxygens (including phenoxy) is 2. The predicted molar refractivity (Wildman–Crippen MR) is 123 cm³/mol. The molecule has 0 radical (unpaired) electrons. The first-order valence-corrected chi connectivity index (χ1v) is 10.5. The number of Topliss-reactive ketones (excluding diaryl/α,β-unsaturated/α-hetero) is 1. The van der Waals surface area contributed by atoms with Crippen molar-refractivity contribution in [2.45, 2.75) is 12.6 Å². The van der Waals surface area contributed by atoms with E-state index in [2.05, 4.69) is 4.98 Å². The molecule has 2 heterocycles. The summed E-state index contributed by atoms with van der Waals surface area (Å²) in [5.74, 6) is -0.812. The Morgan fingerprint density at radius 2 is 1.76 bits per heavy atom. The number of nitrogens with zero attached hydrogens (tertiary/aromatic N) is 2. The van der Waals surface area contributed by atoms with Crippen molar-refractivity contribution in [3.8, 4) is 11.5 Å². The Morgan fingerprint density at radius 3 is 2.39 bits per heavy atom. The topological polar surface area (TPSA) is 89.0 Å². The quantitative estimate of drug-likeness (QED) is 0.331. The molecule has 0 saturated carbocycles. The van der Waals surface area contributed by atoms with Gasteiger partial charge in [0.2, 0.25) is 0 Å². The number of likely N-dealkylation sites (tertiary alicyclic amines) is 1. The molecular weight excluding hydrogens is 444 g/mol. The highest BCUT2D eigenvalue weighted by atomic mass is 35.5. The summed E-state index contributed by atoms with van der Waals surface area (Å²) in [5.41, 5.74) is 1.54. The molecule has 1 N–H and O–H groups in total. The second kappa shape index (κ2) is 9.34. The van der Waals surface area contributed by atoms with Crippen molar-refractivity contribution in [2.24, 2.45) is 0 Å². The number of ketones is 1. The summed E-state index contributed by atoms with van der Waals surface area (Å²) in [4.78, 5) is 31.8. The third kappa shape index (κ3) is 4.27. The number of amides is 1. The maximum absolute atomic E-state index is 13.2. The minimum absolute atomic E-state index is 0.0517. The van der Waals surface area contributed by atoms with Crippen LogP contribution in [0.2, 0.25) is 5.02 Å². The zero-order valence-corrected chi connectivity index (χ0v) is 18.7. The van der Waals surface area contributed by atoms with Crippen molar-refractivity contribution in [3.63, 3.8) is 0 Å². The number of aromatic nitrogens is 1. The minimum atomic E-state index is -0.835. The Hall–Kier alpha value is -3.84. The molecule has 1 fully saturated rings. The van der Waals surface area contributed by atoms with Crippen molar-refractivity contribution in [1.29, 1.82) is 0 Å². The molecule has 1 amide bonds. The first-order valence-electron chi connectivity index (χ1n) is 10.1. The number of hydrogen-bond donors (Lipinski definition) is 1. The lowest BCUT2D eigenvalue weighted by atomic mass is 9.95. The van der Waals surface area contributed by atoms with Crippen LogP contribution in [0.4, 0.5) is 0 Å². The molecule has 0 aliphatic carbocycles. The highest BCUT2D eigenvalue weighted by Crippen LogP contribution is 2.42. The van der Waals surface area contributed by atoms with E-state index in [-0.39, 0.29) is 28.5 Å². The number of rotatable bonds is 6. The number of aliphatic hydroxyl groups is 1. The van der Waals surface area contributed by atoms with Gasteiger partial charge in [-0.2, -0.15) is 0 Å². The van der Waals surface area contributed by atoms with E-state index < -0.39 is 17.7 Å². The summed E-state index contributed by atoms with van der Waals surface area (Å²) in [6, 6.07) is 14.4. The highest BCUT2D eigenvalue weighted by molar-refractivity contribution is 6.47. The van der Waals surface area contributed by atoms with Gasteiger partial charge in [0.25, 0.3) is 11.7 Å². The average Bonchev–Trinajstić information content (AvgIpc) is 3.09. The van der Waals surface area contributed by atoms with Crippen molar-refractivity contribution < 1.29 is 24.2 Å². The molecule has 1 unspecified atom stereocenters. The molecule has 4 rings (SSSR count). The fraction of sp³-hybridized carbons (Fsp3) is 0.160. The average molecular weight is 465 g/mol. The Bertz CT molecular complexity index is 1230. The third-order valence-electron chi connectivity index (χ3n) is 5.48. The summed E-state index contributed by atoms with van der Waals surface area (Å²) in [6.07, 6.45) is 3.26. The van der Waals surface area contributed by atoms with E-state index in [0.717, 1.165) is 5.56 Å². The summed E-state index contributed by atoms with van der Waals surface area (Å²) in [7, 11) is 3.03. The van der Waals surface area contributed by atoms with E-state index in [1.165, 1.54) is 18.1 Å². The molecule has 8 heteroatoms. The van der Waals surface area contributed by atoms with Crippen LogP contribution in [0, 0.1) is 0 Å². The van der Waals surface area contributed by atoms with Gasteiger partial charge in [0.15, 0.2) is 0 Å². The zero-order chi connectivity index (χ0) is 23.5. The summed E-state index contributed by atoms with van der Waals surface area (Å²) >= 11 is 6.33. The fourth-order valence-electron chi connectivity index (χ4n) is 3.82. The highest BCUT2D eigenvalue weighted by Gasteiger charge is 2.46. The van der Waals surface area contributed by atoms with Crippen molar-refractivity contribution in [3.05, 3.63) is 94.3 Å². The molecule has 1 atom stereocenters. The Morgan fingerprint density at radius 1 is 1.06 bits per heavy atom. The molecule has 0 bridgehead atoms. The molecule has 1 saturated heterocycles. The van der Waals surface area contributed by atoms with E-state index in [1.807, 2.05) is 6.07 Å². The van der Waals surface area contributed by atoms with Crippen molar-refractivity contribution in [2.75, 3.05) is 14.2 Å². The largest absolute Gasteiger partial charge is 0.507 e. The third-order valence-corrected chi connectivity index (χ3v) is 5.81. The monoisotopic (exact) mass is 464 g/mol. The van der Waals surface area contributed by atoms with Gasteiger partial charge in [-0.25, -0.2) is 0 Å². The predicted octanol–water partition coefficient (Wildman–Crippen LogP) is 4.37. The first-order chi connectivity index (χ1) is 15.9. The number of halogens is 1. The van der Waals surface area contributed by atoms with Gasteiger partial charge < -0.3 is 19.5 Å². The Kier molecular flexibility index (Phi) is 6.33. The van der Waals surface area contributed by atoms with Crippen LogP contribution in [0.3, 0.4) is 0 Å². The van der Waals surface area contributed by atoms with Crippen LogP contribution in [0.5, 0.6) is 11.5 Å². The number of pyridine rings is 1. The Labute approximate surface area is 195 Å². The van der Waals surface area contributed by atoms with Gasteiger partial charge in [0.1, 0.15) is 17.3 Å². The summed E-state index contributed by atoms with van der Waals surface area (Å²) < 4.78 is 10.5. The van der Waals surface area contributed by atoms with Crippen LogP contribution in [0.1, 0.15) is 22.7 Å². The molecule has 2 aromatic carbocycles. The van der Waals surface area contributed by atoms with Crippen LogP contribution in [0.25, 0.3) is 5.76 Å². The molecule has 1 aliphatic heterocycles. The van der Waals surface area contributed by atoms with Crippen LogP contribution < -0.4 is 9.47 Å². The van der Waals surface area contributed by atoms with Gasteiger partial charge in [0.05, 0.1) is 30.9 Å². The number of hydrogen-bond acceptors (Lipinski definition) is 6. The van der Waals surface area contributed by atoms with Gasteiger partial charge in [-0.05, 0) is 47.5 Å². The lowest BCUT2D eigenvalue weighted by Gasteiger charge is -2.25. The normalized spacial score (nSPS) is 17.3. The maximum atomic E-state index is 13.2. The van der Waals surface area contributed by atoms with E-state index in [4.69, 9.17) is 21.1 Å². The molecule has 3 aromatic rings. The smallest absolute Gasteiger partial charge is 0.295 e. The van der Waals surface area contributed by atoms with E-state index in [1.54, 1.807) is 62.0 Å². The SMILES string of the molecule is COc1ccc(C2/C(=C(\O)c3cc(OC)ccc3Cl)C(=O)C(=O)N2Cc2cccnc2)cc1. The van der Waals surface area contributed by atoms with Gasteiger partial charge in [-0.3, -0.25) is 14.6 Å². The van der Waals surface area contributed by atoms with Gasteiger partial charge in [-0.15, -0.1) is 0 Å².